The molecule has 96 valence electrons. The van der Waals surface area contributed by atoms with Gasteiger partial charge in [-0.15, -0.1) is 0 Å². The van der Waals surface area contributed by atoms with E-state index in [1.165, 1.54) is 16.5 Å². The Bertz CT molecular complexity index is 560. The summed E-state index contributed by atoms with van der Waals surface area (Å²) in [6.45, 7) is 3.47. The molecule has 0 saturated heterocycles. The minimum atomic E-state index is -0.780. The first-order valence-corrected chi connectivity index (χ1v) is 6.09. The van der Waals surface area contributed by atoms with Gasteiger partial charge in [-0.05, 0) is 18.2 Å². The Morgan fingerprint density at radius 2 is 2.11 bits per heavy atom. The van der Waals surface area contributed by atoms with Crippen LogP contribution in [-0.2, 0) is 18.4 Å². The molecule has 18 heavy (non-hydrogen) atoms. The number of carbonyl (C=O) groups is 1. The minimum absolute atomic E-state index is 0.0831. The molecule has 1 aromatic heterocycles. The molecule has 2 rings (SSSR count). The average Bonchev–Trinajstić information content (AvgIpc) is 2.66. The number of hydrogen-bond donors (Lipinski definition) is 1. The van der Waals surface area contributed by atoms with Crippen molar-refractivity contribution in [2.45, 2.75) is 13.5 Å². The van der Waals surface area contributed by atoms with Gasteiger partial charge in [-0.2, -0.15) is 0 Å². The molecule has 0 atom stereocenters. The van der Waals surface area contributed by atoms with Crippen LogP contribution in [0.2, 0.25) is 0 Å². The van der Waals surface area contributed by atoms with Crippen molar-refractivity contribution in [3.63, 3.8) is 0 Å². The monoisotopic (exact) mass is 246 g/mol. The molecule has 0 unspecified atom stereocenters. The van der Waals surface area contributed by atoms with Crippen molar-refractivity contribution >= 4 is 16.9 Å². The van der Waals surface area contributed by atoms with Crippen molar-refractivity contribution in [1.29, 1.82) is 0 Å². The molecular formula is C14H18N2O2. The molecule has 0 spiro atoms. The van der Waals surface area contributed by atoms with E-state index < -0.39 is 5.97 Å². The molecule has 1 heterocycles. The second-order valence-electron chi connectivity index (χ2n) is 4.48. The third kappa shape index (κ3) is 2.54. The van der Waals surface area contributed by atoms with Gasteiger partial charge >= 0.3 is 5.97 Å². The van der Waals surface area contributed by atoms with E-state index >= 15 is 0 Å². The molecule has 4 heteroatoms. The predicted octanol–water partition coefficient (Wildman–Crippen LogP) is 2.08. The summed E-state index contributed by atoms with van der Waals surface area (Å²) in [4.78, 5) is 12.7. The van der Waals surface area contributed by atoms with Crippen LogP contribution in [0.4, 0.5) is 0 Å². The summed E-state index contributed by atoms with van der Waals surface area (Å²) in [5.74, 6) is -0.780. The van der Waals surface area contributed by atoms with E-state index in [2.05, 4.69) is 22.9 Å². The van der Waals surface area contributed by atoms with Gasteiger partial charge in [0.2, 0.25) is 0 Å². The maximum absolute atomic E-state index is 10.8. The maximum atomic E-state index is 10.8. The van der Waals surface area contributed by atoms with Crippen LogP contribution < -0.4 is 0 Å². The number of aliphatic carboxylic acids is 1. The second-order valence-corrected chi connectivity index (χ2v) is 4.48. The van der Waals surface area contributed by atoms with Gasteiger partial charge in [0, 0.05) is 30.7 Å². The van der Waals surface area contributed by atoms with Crippen LogP contribution in [0, 0.1) is 0 Å². The minimum Gasteiger partial charge on any atom is -0.480 e. The van der Waals surface area contributed by atoms with E-state index in [1.807, 2.05) is 31.0 Å². The maximum Gasteiger partial charge on any atom is 0.317 e. The smallest absolute Gasteiger partial charge is 0.317 e. The Labute approximate surface area is 106 Å². The highest BCUT2D eigenvalue weighted by Crippen LogP contribution is 2.21. The Morgan fingerprint density at radius 3 is 2.78 bits per heavy atom. The fourth-order valence-electron chi connectivity index (χ4n) is 2.26. The van der Waals surface area contributed by atoms with Gasteiger partial charge in [0.05, 0.1) is 6.54 Å². The molecule has 1 aromatic carbocycles. The highest BCUT2D eigenvalue weighted by Gasteiger charge is 2.12. The van der Waals surface area contributed by atoms with E-state index in [0.717, 1.165) is 6.54 Å². The molecule has 4 nitrogen and oxygen atoms in total. The van der Waals surface area contributed by atoms with Crippen molar-refractivity contribution in [3.8, 4) is 0 Å². The second kappa shape index (κ2) is 5.23. The normalized spacial score (nSPS) is 11.3. The predicted molar refractivity (Wildman–Crippen MR) is 71.5 cm³/mol. The highest BCUT2D eigenvalue weighted by atomic mass is 16.4. The Hall–Kier alpha value is -1.81. The van der Waals surface area contributed by atoms with Crippen molar-refractivity contribution in [2.24, 2.45) is 7.05 Å². The van der Waals surface area contributed by atoms with Gasteiger partial charge < -0.3 is 9.67 Å². The van der Waals surface area contributed by atoms with E-state index in [-0.39, 0.29) is 6.54 Å². The van der Waals surface area contributed by atoms with Crippen LogP contribution >= 0.6 is 0 Å². The number of likely N-dealkylation sites (N-methyl/N-ethyl adjacent to an activating group) is 1. The van der Waals surface area contributed by atoms with Gasteiger partial charge in [-0.25, -0.2) is 0 Å². The fraction of sp³-hybridized carbons (Fsp3) is 0.357. The summed E-state index contributed by atoms with van der Waals surface area (Å²) in [6.07, 6.45) is 2.08. The number of aromatic nitrogens is 1. The van der Waals surface area contributed by atoms with Gasteiger partial charge in [0.25, 0.3) is 0 Å². The zero-order chi connectivity index (χ0) is 13.1. The third-order valence-corrected chi connectivity index (χ3v) is 3.18. The zero-order valence-corrected chi connectivity index (χ0v) is 10.8. The van der Waals surface area contributed by atoms with Crippen molar-refractivity contribution < 1.29 is 9.90 Å². The number of para-hydroxylation sites is 1. The summed E-state index contributed by atoms with van der Waals surface area (Å²) in [5, 5.41) is 10.1. The Balaban J connectivity index is 2.28. The summed E-state index contributed by atoms with van der Waals surface area (Å²) >= 11 is 0. The number of carboxylic acid groups (broad SMARTS) is 1. The van der Waals surface area contributed by atoms with Crippen molar-refractivity contribution in [1.82, 2.24) is 9.47 Å². The molecule has 0 aliphatic carbocycles. The zero-order valence-electron chi connectivity index (χ0n) is 10.8. The fourth-order valence-corrected chi connectivity index (χ4v) is 2.26. The van der Waals surface area contributed by atoms with Crippen molar-refractivity contribution in [3.05, 3.63) is 36.0 Å². The topological polar surface area (TPSA) is 45.5 Å². The summed E-state index contributed by atoms with van der Waals surface area (Å²) in [7, 11) is 2.01. The molecule has 0 fully saturated rings. The molecule has 0 bridgehead atoms. The first-order valence-electron chi connectivity index (χ1n) is 6.09. The Kier molecular flexibility index (Phi) is 3.67. The lowest BCUT2D eigenvalue weighted by Gasteiger charge is -2.17. The SMILES string of the molecule is CCN(CC(=O)O)Cc1cn(C)c2ccccc12. The molecule has 2 aromatic rings. The third-order valence-electron chi connectivity index (χ3n) is 3.18. The van der Waals surface area contributed by atoms with E-state index in [1.54, 1.807) is 0 Å². The number of rotatable bonds is 5. The molecule has 1 N–H and O–H groups in total. The van der Waals surface area contributed by atoms with Crippen LogP contribution in [0.5, 0.6) is 0 Å². The van der Waals surface area contributed by atoms with Gasteiger partial charge in [-0.1, -0.05) is 25.1 Å². The number of fused-ring (bicyclic) bond motifs is 1. The summed E-state index contributed by atoms with van der Waals surface area (Å²) < 4.78 is 2.08. The molecular weight excluding hydrogens is 228 g/mol. The average molecular weight is 246 g/mol. The van der Waals surface area contributed by atoms with Crippen molar-refractivity contribution in [2.75, 3.05) is 13.1 Å². The lowest BCUT2D eigenvalue weighted by molar-refractivity contribution is -0.138. The number of aryl methyl sites for hydroxylation is 1. The molecule has 0 amide bonds. The largest absolute Gasteiger partial charge is 0.480 e. The van der Waals surface area contributed by atoms with Gasteiger partial charge in [0.15, 0.2) is 0 Å². The lowest BCUT2D eigenvalue weighted by atomic mass is 10.1. The Morgan fingerprint density at radius 1 is 1.39 bits per heavy atom. The van der Waals surface area contributed by atoms with Crippen LogP contribution in [0.25, 0.3) is 10.9 Å². The van der Waals surface area contributed by atoms with Crippen LogP contribution in [0.3, 0.4) is 0 Å². The van der Waals surface area contributed by atoms with Gasteiger partial charge in [0.1, 0.15) is 0 Å². The van der Waals surface area contributed by atoms with Crippen LogP contribution in [-0.4, -0.2) is 33.6 Å². The first-order chi connectivity index (χ1) is 8.61. The quantitative estimate of drug-likeness (QED) is 0.878. The number of hydrogen-bond acceptors (Lipinski definition) is 2. The van der Waals surface area contributed by atoms with Gasteiger partial charge in [-0.3, -0.25) is 9.69 Å². The van der Waals surface area contributed by atoms with Crippen LogP contribution in [0.15, 0.2) is 30.5 Å². The molecule has 0 radical (unpaired) electrons. The molecule has 0 saturated carbocycles. The summed E-state index contributed by atoms with van der Waals surface area (Å²) in [5.41, 5.74) is 2.36. The highest BCUT2D eigenvalue weighted by molar-refractivity contribution is 5.83. The number of carboxylic acids is 1. The van der Waals surface area contributed by atoms with E-state index in [4.69, 9.17) is 5.11 Å². The lowest BCUT2D eigenvalue weighted by Crippen LogP contribution is -2.28. The van der Waals surface area contributed by atoms with E-state index in [9.17, 15) is 4.79 Å². The molecule has 0 aliphatic heterocycles. The number of benzene rings is 1. The summed E-state index contributed by atoms with van der Waals surface area (Å²) in [6, 6.07) is 8.19. The first kappa shape index (κ1) is 12.6. The number of nitrogens with zero attached hydrogens (tertiary/aromatic N) is 2. The van der Waals surface area contributed by atoms with E-state index in [0.29, 0.717) is 6.54 Å². The van der Waals surface area contributed by atoms with Crippen LogP contribution in [0.1, 0.15) is 12.5 Å². The standard InChI is InChI=1S/C14H18N2O2/c1-3-16(10-14(17)18)9-11-8-15(2)13-7-5-4-6-12(11)13/h4-8H,3,9-10H2,1-2H3,(H,17,18). The molecule has 0 aliphatic rings.